The average Bonchev–Trinajstić information content (AvgIpc) is 3.30. The van der Waals surface area contributed by atoms with E-state index in [9.17, 15) is 9.59 Å². The van der Waals surface area contributed by atoms with Crippen LogP contribution in [0.2, 0.25) is 0 Å². The summed E-state index contributed by atoms with van der Waals surface area (Å²) >= 11 is 0. The first kappa shape index (κ1) is 16.3. The third-order valence-corrected chi connectivity index (χ3v) is 3.97. The number of ether oxygens (including phenoxy) is 2. The number of anilines is 1. The molecule has 134 valence electrons. The molecule has 9 nitrogen and oxygen atoms in total. The molecule has 4 rings (SSSR count). The number of carbonyl (C=O) groups excluding carboxylic acids is 1. The summed E-state index contributed by atoms with van der Waals surface area (Å²) in [6.07, 6.45) is 0.993. The minimum atomic E-state index is -0.506. The van der Waals surface area contributed by atoms with Gasteiger partial charge >= 0.3 is 0 Å². The van der Waals surface area contributed by atoms with Gasteiger partial charge in [0.05, 0.1) is 0 Å². The molecule has 1 fully saturated rings. The second kappa shape index (κ2) is 6.96. The number of H-pyrrole nitrogens is 1. The van der Waals surface area contributed by atoms with Crippen LogP contribution in [0.15, 0.2) is 41.2 Å². The van der Waals surface area contributed by atoms with E-state index in [1.807, 2.05) is 30.3 Å². The molecule has 1 aromatic carbocycles. The Kier molecular flexibility index (Phi) is 4.36. The minimum absolute atomic E-state index is 0.132. The Balaban J connectivity index is 1.56. The van der Waals surface area contributed by atoms with Gasteiger partial charge < -0.3 is 14.8 Å². The average molecular weight is 355 g/mol. The maximum atomic E-state index is 12.3. The van der Waals surface area contributed by atoms with E-state index >= 15 is 0 Å². The highest BCUT2D eigenvalue weighted by Gasteiger charge is 2.24. The molecule has 1 saturated heterocycles. The van der Waals surface area contributed by atoms with Gasteiger partial charge in [-0.2, -0.15) is 9.50 Å². The van der Waals surface area contributed by atoms with E-state index in [2.05, 4.69) is 20.4 Å². The van der Waals surface area contributed by atoms with Gasteiger partial charge in [-0.15, -0.1) is 5.10 Å². The van der Waals surface area contributed by atoms with E-state index < -0.39 is 6.10 Å². The van der Waals surface area contributed by atoms with Crippen molar-refractivity contribution >= 4 is 17.5 Å². The zero-order valence-corrected chi connectivity index (χ0v) is 13.8. The zero-order valence-electron chi connectivity index (χ0n) is 13.8. The summed E-state index contributed by atoms with van der Waals surface area (Å²) < 4.78 is 12.3. The van der Waals surface area contributed by atoms with Gasteiger partial charge in [-0.05, 0) is 25.0 Å². The largest absolute Gasteiger partial charge is 0.486 e. The van der Waals surface area contributed by atoms with Crippen molar-refractivity contribution in [2.24, 2.45) is 0 Å². The van der Waals surface area contributed by atoms with Gasteiger partial charge in [0.15, 0.2) is 5.82 Å². The number of carbonyl (C=O) groups is 1. The zero-order chi connectivity index (χ0) is 17.9. The number of rotatable bonds is 5. The number of amides is 1. The third kappa shape index (κ3) is 3.42. The highest BCUT2D eigenvalue weighted by molar-refractivity contribution is 5.93. The SMILES string of the molecule is O=C(Nc1cc(=O)[nH]c2nc(COc3ccccc3)nn12)C1CCCO1. The highest BCUT2D eigenvalue weighted by Crippen LogP contribution is 2.15. The molecule has 2 N–H and O–H groups in total. The van der Waals surface area contributed by atoms with Crippen LogP contribution in [0.3, 0.4) is 0 Å². The Labute approximate surface area is 148 Å². The van der Waals surface area contributed by atoms with Crippen molar-refractivity contribution < 1.29 is 14.3 Å². The van der Waals surface area contributed by atoms with E-state index in [4.69, 9.17) is 9.47 Å². The van der Waals surface area contributed by atoms with Gasteiger partial charge in [-0.25, -0.2) is 0 Å². The van der Waals surface area contributed by atoms with Crippen molar-refractivity contribution in [2.45, 2.75) is 25.6 Å². The highest BCUT2D eigenvalue weighted by atomic mass is 16.5. The van der Waals surface area contributed by atoms with Crippen molar-refractivity contribution in [1.29, 1.82) is 0 Å². The fraction of sp³-hybridized carbons (Fsp3) is 0.294. The lowest BCUT2D eigenvalue weighted by Crippen LogP contribution is -2.28. The molecule has 1 aliphatic heterocycles. The summed E-state index contributed by atoms with van der Waals surface area (Å²) in [4.78, 5) is 30.9. The van der Waals surface area contributed by atoms with E-state index in [1.54, 1.807) is 0 Å². The number of para-hydroxylation sites is 1. The second-order valence-corrected chi connectivity index (χ2v) is 5.87. The topological polar surface area (TPSA) is 111 Å². The lowest BCUT2D eigenvalue weighted by molar-refractivity contribution is -0.124. The number of fused-ring (bicyclic) bond motifs is 1. The summed E-state index contributed by atoms with van der Waals surface area (Å²) in [5.74, 6) is 1.23. The molecular weight excluding hydrogens is 338 g/mol. The smallest absolute Gasteiger partial charge is 0.254 e. The van der Waals surface area contributed by atoms with E-state index in [0.717, 1.165) is 6.42 Å². The summed E-state index contributed by atoms with van der Waals surface area (Å²) in [7, 11) is 0. The van der Waals surface area contributed by atoms with Crippen LogP contribution >= 0.6 is 0 Å². The van der Waals surface area contributed by atoms with E-state index in [1.165, 1.54) is 10.6 Å². The third-order valence-electron chi connectivity index (χ3n) is 3.97. The summed E-state index contributed by atoms with van der Waals surface area (Å²) in [5.41, 5.74) is -0.386. The molecule has 1 atom stereocenters. The molecule has 26 heavy (non-hydrogen) atoms. The van der Waals surface area contributed by atoms with Crippen LogP contribution in [0.25, 0.3) is 5.78 Å². The van der Waals surface area contributed by atoms with E-state index in [-0.39, 0.29) is 29.7 Å². The summed E-state index contributed by atoms with van der Waals surface area (Å²) in [6.45, 7) is 0.694. The Hall–Kier alpha value is -3.20. The van der Waals surface area contributed by atoms with Gasteiger partial charge in [0.1, 0.15) is 24.3 Å². The van der Waals surface area contributed by atoms with Crippen molar-refractivity contribution in [3.05, 3.63) is 52.6 Å². The van der Waals surface area contributed by atoms with Crippen molar-refractivity contribution in [2.75, 3.05) is 11.9 Å². The molecule has 0 bridgehead atoms. The molecule has 1 unspecified atom stereocenters. The van der Waals surface area contributed by atoms with Crippen LogP contribution in [-0.4, -0.2) is 38.2 Å². The molecule has 3 aromatic rings. The summed E-state index contributed by atoms with van der Waals surface area (Å²) in [6, 6.07) is 10.5. The van der Waals surface area contributed by atoms with Crippen LogP contribution in [0, 0.1) is 0 Å². The standard InChI is InChI=1S/C17H17N5O4/c23-15-9-14(19-16(24)12-7-4-8-25-12)22-17(20-15)18-13(21-22)10-26-11-5-2-1-3-6-11/h1-3,5-6,9,12H,4,7-8,10H2,(H,19,24)(H,18,20,21,23). The molecule has 0 radical (unpaired) electrons. The van der Waals surface area contributed by atoms with Crippen molar-refractivity contribution in [3.8, 4) is 5.75 Å². The monoisotopic (exact) mass is 355 g/mol. The number of nitrogens with one attached hydrogen (secondary N) is 2. The molecule has 2 aromatic heterocycles. The fourth-order valence-electron chi connectivity index (χ4n) is 2.74. The Morgan fingerprint density at radius 3 is 3.00 bits per heavy atom. The number of benzene rings is 1. The Morgan fingerprint density at radius 1 is 1.38 bits per heavy atom. The van der Waals surface area contributed by atoms with Crippen LogP contribution in [0.5, 0.6) is 5.75 Å². The van der Waals surface area contributed by atoms with Gasteiger partial charge in [0, 0.05) is 12.7 Å². The Morgan fingerprint density at radius 2 is 2.23 bits per heavy atom. The van der Waals surface area contributed by atoms with Gasteiger partial charge in [0.25, 0.3) is 11.5 Å². The minimum Gasteiger partial charge on any atom is -0.486 e. The molecule has 0 aliphatic carbocycles. The Bertz CT molecular complexity index is 976. The van der Waals surface area contributed by atoms with Gasteiger partial charge in [0.2, 0.25) is 5.78 Å². The molecule has 0 saturated carbocycles. The number of hydrogen-bond donors (Lipinski definition) is 2. The first-order valence-corrected chi connectivity index (χ1v) is 8.28. The van der Waals surface area contributed by atoms with Crippen LogP contribution in [0.1, 0.15) is 18.7 Å². The van der Waals surface area contributed by atoms with Crippen molar-refractivity contribution in [1.82, 2.24) is 19.6 Å². The number of aromatic amines is 1. The fourth-order valence-corrected chi connectivity index (χ4v) is 2.74. The maximum Gasteiger partial charge on any atom is 0.254 e. The molecule has 1 amide bonds. The maximum absolute atomic E-state index is 12.3. The summed E-state index contributed by atoms with van der Waals surface area (Å²) in [5, 5.41) is 6.99. The van der Waals surface area contributed by atoms with Crippen LogP contribution < -0.4 is 15.6 Å². The predicted octanol–water partition coefficient (Wildman–Crippen LogP) is 1.11. The van der Waals surface area contributed by atoms with Gasteiger partial charge in [-0.3, -0.25) is 14.6 Å². The van der Waals surface area contributed by atoms with Crippen LogP contribution in [-0.2, 0) is 16.1 Å². The van der Waals surface area contributed by atoms with Crippen LogP contribution in [0.4, 0.5) is 5.82 Å². The van der Waals surface area contributed by atoms with Gasteiger partial charge in [-0.1, -0.05) is 18.2 Å². The lowest BCUT2D eigenvalue weighted by atomic mass is 10.2. The molecule has 0 spiro atoms. The number of hydrogen-bond acceptors (Lipinski definition) is 6. The molecular formula is C17H17N5O4. The quantitative estimate of drug-likeness (QED) is 0.709. The van der Waals surface area contributed by atoms with Crippen molar-refractivity contribution in [3.63, 3.8) is 0 Å². The predicted molar refractivity (Wildman–Crippen MR) is 92.0 cm³/mol. The molecule has 1 aliphatic rings. The normalized spacial score (nSPS) is 16.7. The number of aromatic nitrogens is 4. The second-order valence-electron chi connectivity index (χ2n) is 5.87. The lowest BCUT2D eigenvalue weighted by Gasteiger charge is -2.10. The number of nitrogens with zero attached hydrogens (tertiary/aromatic N) is 3. The van der Waals surface area contributed by atoms with E-state index in [0.29, 0.717) is 24.6 Å². The molecule has 9 heteroatoms. The first-order chi connectivity index (χ1) is 12.7. The molecule has 3 heterocycles. The first-order valence-electron chi connectivity index (χ1n) is 8.28.